The molecular weight excluding hydrogens is 280 g/mol. The number of hydrogen-bond donors (Lipinski definition) is 2. The van der Waals surface area contributed by atoms with Crippen LogP contribution in [0.4, 0.5) is 0 Å². The van der Waals surface area contributed by atoms with Crippen LogP contribution in [0.1, 0.15) is 23.4 Å². The first-order valence-electron chi connectivity index (χ1n) is 7.28. The van der Waals surface area contributed by atoms with Gasteiger partial charge in [-0.15, -0.1) is 11.3 Å². The first kappa shape index (κ1) is 14.1. The lowest BCUT2D eigenvalue weighted by atomic mass is 10.1. The highest BCUT2D eigenvalue weighted by atomic mass is 32.1. The standard InChI is InChI=1S/C16H20N4S/c1-11-19-15(10-21-11)13-4-2-12(3-5-13)8-9-18-16(17)20-14-6-7-14/h2-5,10,14H,6-9H2,1H3,(H3,17,18,20). The van der Waals surface area contributed by atoms with Crippen molar-refractivity contribution in [1.82, 2.24) is 10.3 Å². The minimum Gasteiger partial charge on any atom is -0.370 e. The molecule has 0 radical (unpaired) electrons. The van der Waals surface area contributed by atoms with E-state index >= 15 is 0 Å². The van der Waals surface area contributed by atoms with E-state index in [0.29, 0.717) is 12.0 Å². The van der Waals surface area contributed by atoms with Crippen LogP contribution in [-0.4, -0.2) is 23.5 Å². The minimum atomic E-state index is 0.564. The van der Waals surface area contributed by atoms with E-state index in [1.165, 1.54) is 24.0 Å². The number of nitrogens with one attached hydrogen (secondary N) is 1. The van der Waals surface area contributed by atoms with Gasteiger partial charge in [0.05, 0.1) is 10.7 Å². The third-order valence-electron chi connectivity index (χ3n) is 3.48. The second kappa shape index (κ2) is 6.26. The summed E-state index contributed by atoms with van der Waals surface area (Å²) in [5, 5.41) is 6.39. The zero-order valence-electron chi connectivity index (χ0n) is 12.2. The Morgan fingerprint density at radius 2 is 2.14 bits per heavy atom. The van der Waals surface area contributed by atoms with E-state index in [9.17, 15) is 0 Å². The number of nitrogens with two attached hydrogens (primary N) is 1. The highest BCUT2D eigenvalue weighted by Gasteiger charge is 2.21. The van der Waals surface area contributed by atoms with E-state index in [1.807, 2.05) is 6.92 Å². The molecule has 0 amide bonds. The maximum atomic E-state index is 5.81. The van der Waals surface area contributed by atoms with Crippen LogP contribution in [0.5, 0.6) is 0 Å². The summed E-state index contributed by atoms with van der Waals surface area (Å²) < 4.78 is 0. The molecule has 1 fully saturated rings. The maximum Gasteiger partial charge on any atom is 0.188 e. The fourth-order valence-electron chi connectivity index (χ4n) is 2.13. The first-order chi connectivity index (χ1) is 10.2. The zero-order chi connectivity index (χ0) is 14.7. The molecule has 0 bridgehead atoms. The molecule has 110 valence electrons. The van der Waals surface area contributed by atoms with Gasteiger partial charge in [0, 0.05) is 23.5 Å². The summed E-state index contributed by atoms with van der Waals surface area (Å²) in [4.78, 5) is 8.86. The van der Waals surface area contributed by atoms with Crippen molar-refractivity contribution in [2.24, 2.45) is 10.7 Å². The van der Waals surface area contributed by atoms with Crippen molar-refractivity contribution in [2.45, 2.75) is 32.2 Å². The van der Waals surface area contributed by atoms with E-state index in [1.54, 1.807) is 11.3 Å². The molecule has 2 aromatic rings. The van der Waals surface area contributed by atoms with E-state index < -0.39 is 0 Å². The van der Waals surface area contributed by atoms with Gasteiger partial charge in [0.25, 0.3) is 0 Å². The average molecular weight is 300 g/mol. The number of rotatable bonds is 5. The van der Waals surface area contributed by atoms with Crippen molar-refractivity contribution in [3.05, 3.63) is 40.2 Å². The Bertz CT molecular complexity index is 626. The lowest BCUT2D eigenvalue weighted by molar-refractivity contribution is 0.870. The van der Waals surface area contributed by atoms with Gasteiger partial charge in [-0.3, -0.25) is 4.99 Å². The van der Waals surface area contributed by atoms with Gasteiger partial charge in [0.2, 0.25) is 0 Å². The van der Waals surface area contributed by atoms with Crippen LogP contribution in [0.2, 0.25) is 0 Å². The second-order valence-electron chi connectivity index (χ2n) is 5.38. The van der Waals surface area contributed by atoms with Gasteiger partial charge in [0.1, 0.15) is 0 Å². The van der Waals surface area contributed by atoms with E-state index in [2.05, 4.69) is 44.9 Å². The summed E-state index contributed by atoms with van der Waals surface area (Å²) in [6, 6.07) is 9.10. The van der Waals surface area contributed by atoms with Crippen molar-refractivity contribution >= 4 is 17.3 Å². The SMILES string of the molecule is Cc1nc(-c2ccc(CCN=C(N)NC3CC3)cc2)cs1. The predicted octanol–water partition coefficient (Wildman–Crippen LogP) is 2.73. The molecule has 4 nitrogen and oxygen atoms in total. The van der Waals surface area contributed by atoms with Crippen molar-refractivity contribution in [1.29, 1.82) is 0 Å². The molecule has 1 aliphatic carbocycles. The Labute approximate surface area is 129 Å². The largest absolute Gasteiger partial charge is 0.370 e. The summed E-state index contributed by atoms with van der Waals surface area (Å²) in [6.07, 6.45) is 3.34. The molecule has 0 atom stereocenters. The highest BCUT2D eigenvalue weighted by Crippen LogP contribution is 2.22. The molecule has 0 aliphatic heterocycles. The quantitative estimate of drug-likeness (QED) is 0.659. The maximum absolute atomic E-state index is 5.81. The number of nitrogens with zero attached hydrogens (tertiary/aromatic N) is 2. The van der Waals surface area contributed by atoms with Crippen molar-refractivity contribution in [3.8, 4) is 11.3 Å². The molecule has 21 heavy (non-hydrogen) atoms. The molecule has 1 saturated carbocycles. The van der Waals surface area contributed by atoms with Crippen LogP contribution in [0.3, 0.4) is 0 Å². The molecular formula is C16H20N4S. The molecule has 3 N–H and O–H groups in total. The van der Waals surface area contributed by atoms with Gasteiger partial charge in [-0.2, -0.15) is 0 Å². The fourth-order valence-corrected chi connectivity index (χ4v) is 2.75. The number of guanidine groups is 1. The van der Waals surface area contributed by atoms with Gasteiger partial charge in [-0.25, -0.2) is 4.98 Å². The van der Waals surface area contributed by atoms with E-state index in [0.717, 1.165) is 23.7 Å². The van der Waals surface area contributed by atoms with Crippen molar-refractivity contribution < 1.29 is 0 Å². The lowest BCUT2D eigenvalue weighted by Gasteiger charge is -2.04. The number of aryl methyl sites for hydroxylation is 1. The summed E-state index contributed by atoms with van der Waals surface area (Å²) in [6.45, 7) is 2.75. The molecule has 0 spiro atoms. The van der Waals surface area contributed by atoms with Crippen LogP contribution >= 0.6 is 11.3 Å². The number of thiazole rings is 1. The van der Waals surface area contributed by atoms with Gasteiger partial charge < -0.3 is 11.1 Å². The Kier molecular flexibility index (Phi) is 4.20. The summed E-state index contributed by atoms with van der Waals surface area (Å²) in [5.74, 6) is 0.576. The number of benzene rings is 1. The topological polar surface area (TPSA) is 63.3 Å². The Balaban J connectivity index is 1.54. The van der Waals surface area contributed by atoms with Crippen LogP contribution in [0, 0.1) is 6.92 Å². The monoisotopic (exact) mass is 300 g/mol. The molecule has 0 saturated heterocycles. The third-order valence-corrected chi connectivity index (χ3v) is 4.25. The minimum absolute atomic E-state index is 0.564. The Morgan fingerprint density at radius 1 is 1.38 bits per heavy atom. The smallest absolute Gasteiger partial charge is 0.188 e. The second-order valence-corrected chi connectivity index (χ2v) is 6.45. The normalized spacial score (nSPS) is 15.2. The van der Waals surface area contributed by atoms with Gasteiger partial charge in [-0.1, -0.05) is 24.3 Å². The molecule has 1 aliphatic rings. The summed E-state index contributed by atoms with van der Waals surface area (Å²) in [7, 11) is 0. The average Bonchev–Trinajstić information content (AvgIpc) is 3.18. The Hall–Kier alpha value is -1.88. The van der Waals surface area contributed by atoms with Gasteiger partial charge >= 0.3 is 0 Å². The van der Waals surface area contributed by atoms with E-state index in [4.69, 9.17) is 5.73 Å². The lowest BCUT2D eigenvalue weighted by Crippen LogP contribution is -2.33. The molecule has 0 unspecified atom stereocenters. The summed E-state index contributed by atoms with van der Waals surface area (Å²) in [5.41, 5.74) is 9.31. The van der Waals surface area contributed by atoms with Crippen LogP contribution in [-0.2, 0) is 6.42 Å². The summed E-state index contributed by atoms with van der Waals surface area (Å²) >= 11 is 1.68. The molecule has 1 heterocycles. The van der Waals surface area contributed by atoms with Crippen molar-refractivity contribution in [2.75, 3.05) is 6.54 Å². The van der Waals surface area contributed by atoms with Crippen LogP contribution < -0.4 is 11.1 Å². The fraction of sp³-hybridized carbons (Fsp3) is 0.375. The third kappa shape index (κ3) is 4.04. The number of hydrogen-bond acceptors (Lipinski definition) is 3. The first-order valence-corrected chi connectivity index (χ1v) is 8.16. The molecule has 1 aromatic carbocycles. The molecule has 1 aromatic heterocycles. The van der Waals surface area contributed by atoms with Crippen molar-refractivity contribution in [3.63, 3.8) is 0 Å². The van der Waals surface area contributed by atoms with Gasteiger partial charge in [0.15, 0.2) is 5.96 Å². The zero-order valence-corrected chi connectivity index (χ0v) is 13.0. The Morgan fingerprint density at radius 3 is 2.76 bits per heavy atom. The van der Waals surface area contributed by atoms with Gasteiger partial charge in [-0.05, 0) is 31.7 Å². The molecule has 5 heteroatoms. The highest BCUT2D eigenvalue weighted by molar-refractivity contribution is 7.09. The predicted molar refractivity (Wildman–Crippen MR) is 88.6 cm³/mol. The van der Waals surface area contributed by atoms with Crippen LogP contribution in [0.15, 0.2) is 34.6 Å². The number of aromatic nitrogens is 1. The van der Waals surface area contributed by atoms with Crippen LogP contribution in [0.25, 0.3) is 11.3 Å². The van der Waals surface area contributed by atoms with E-state index in [-0.39, 0.29) is 0 Å². The number of aliphatic imine (C=N–C) groups is 1. The molecule has 3 rings (SSSR count).